The minimum Gasteiger partial charge on any atom is -0.431 e. The Morgan fingerprint density at radius 3 is 2.70 bits per heavy atom. The van der Waals surface area contributed by atoms with Crippen LogP contribution in [0.4, 0.5) is 5.69 Å². The molecule has 0 amide bonds. The lowest BCUT2D eigenvalue weighted by Crippen LogP contribution is -2.31. The van der Waals surface area contributed by atoms with Gasteiger partial charge in [-0.25, -0.2) is 13.4 Å². The lowest BCUT2D eigenvalue weighted by Gasteiger charge is -2.18. The van der Waals surface area contributed by atoms with Gasteiger partial charge < -0.3 is 10.2 Å². The normalized spacial score (nSPS) is 12.9. The van der Waals surface area contributed by atoms with Crippen LogP contribution >= 0.6 is 11.8 Å². The van der Waals surface area contributed by atoms with Gasteiger partial charge in [0.2, 0.25) is 0 Å². The highest BCUT2D eigenvalue weighted by Crippen LogP contribution is 2.26. The fourth-order valence-electron chi connectivity index (χ4n) is 1.53. The molecule has 2 N–H and O–H groups in total. The van der Waals surface area contributed by atoms with E-state index in [1.165, 1.54) is 11.8 Å². The summed E-state index contributed by atoms with van der Waals surface area (Å²) in [5, 5.41) is 0.467. The number of fused-ring (bicyclic) bond motifs is 1. The summed E-state index contributed by atoms with van der Waals surface area (Å²) in [6, 6.07) is 5.24. The number of nitrogen functional groups attached to an aromatic ring is 1. The molecule has 0 saturated heterocycles. The van der Waals surface area contributed by atoms with Gasteiger partial charge in [-0.05, 0) is 32.9 Å². The van der Waals surface area contributed by atoms with Crippen LogP contribution in [0, 0.1) is 0 Å². The highest BCUT2D eigenvalue weighted by atomic mass is 32.2. The lowest BCUT2D eigenvalue weighted by molar-refractivity contribution is 0.489. The summed E-state index contributed by atoms with van der Waals surface area (Å²) < 4.78 is 28.7. The van der Waals surface area contributed by atoms with E-state index >= 15 is 0 Å². The van der Waals surface area contributed by atoms with Crippen molar-refractivity contribution in [1.82, 2.24) is 4.98 Å². The van der Waals surface area contributed by atoms with Crippen molar-refractivity contribution in [3.63, 3.8) is 0 Å². The van der Waals surface area contributed by atoms with Crippen LogP contribution in [-0.4, -0.2) is 29.7 Å². The zero-order chi connectivity index (χ0) is 15.0. The zero-order valence-corrected chi connectivity index (χ0v) is 13.3. The molecule has 110 valence electrons. The van der Waals surface area contributed by atoms with Crippen LogP contribution in [0.25, 0.3) is 11.1 Å². The Morgan fingerprint density at radius 2 is 2.05 bits per heavy atom. The summed E-state index contributed by atoms with van der Waals surface area (Å²) in [5.74, 6) is 0.518. The summed E-state index contributed by atoms with van der Waals surface area (Å²) >= 11 is 1.30. The second kappa shape index (κ2) is 5.29. The number of anilines is 1. The first-order valence-corrected chi connectivity index (χ1v) is 8.84. The van der Waals surface area contributed by atoms with Gasteiger partial charge in [0.05, 0.1) is 10.5 Å². The van der Waals surface area contributed by atoms with Crippen molar-refractivity contribution < 1.29 is 12.8 Å². The third-order valence-electron chi connectivity index (χ3n) is 2.90. The van der Waals surface area contributed by atoms with E-state index in [1.807, 2.05) is 0 Å². The average molecular weight is 314 g/mol. The van der Waals surface area contributed by atoms with Crippen LogP contribution in [0.3, 0.4) is 0 Å². The molecule has 0 aliphatic heterocycles. The molecule has 0 radical (unpaired) electrons. The Bertz CT molecular complexity index is 715. The van der Waals surface area contributed by atoms with Crippen molar-refractivity contribution in [3.8, 4) is 0 Å². The monoisotopic (exact) mass is 314 g/mol. The molecule has 5 nitrogen and oxygen atoms in total. The Morgan fingerprint density at radius 1 is 1.35 bits per heavy atom. The second-order valence-corrected chi connectivity index (χ2v) is 9.40. The van der Waals surface area contributed by atoms with Gasteiger partial charge in [0, 0.05) is 17.5 Å². The molecule has 1 heterocycles. The largest absolute Gasteiger partial charge is 0.431 e. The lowest BCUT2D eigenvalue weighted by atomic mass is 10.3. The zero-order valence-electron chi connectivity index (χ0n) is 11.7. The highest BCUT2D eigenvalue weighted by molar-refractivity contribution is 8.00. The average Bonchev–Trinajstić information content (AvgIpc) is 2.68. The molecule has 0 bridgehead atoms. The summed E-state index contributed by atoms with van der Waals surface area (Å²) in [6.45, 7) is 5.11. The van der Waals surface area contributed by atoms with Crippen LogP contribution < -0.4 is 5.73 Å². The van der Waals surface area contributed by atoms with Gasteiger partial charge in [0.15, 0.2) is 15.4 Å². The maximum atomic E-state index is 12.0. The molecule has 2 aromatic rings. The molecule has 20 heavy (non-hydrogen) atoms. The molecule has 0 fully saturated rings. The molecule has 0 spiro atoms. The smallest absolute Gasteiger partial charge is 0.256 e. The minimum absolute atomic E-state index is 0.0992. The van der Waals surface area contributed by atoms with Gasteiger partial charge in [-0.3, -0.25) is 0 Å². The molecule has 0 aliphatic carbocycles. The van der Waals surface area contributed by atoms with Gasteiger partial charge >= 0.3 is 0 Å². The summed E-state index contributed by atoms with van der Waals surface area (Å²) in [7, 11) is -3.11. The number of hydrogen-bond acceptors (Lipinski definition) is 6. The van der Waals surface area contributed by atoms with E-state index in [-0.39, 0.29) is 5.75 Å². The molecule has 0 atom stereocenters. The molecular formula is C13H18N2O3S2. The topological polar surface area (TPSA) is 86.2 Å². The summed E-state index contributed by atoms with van der Waals surface area (Å²) in [6.07, 6.45) is 0. The van der Waals surface area contributed by atoms with Gasteiger partial charge in [-0.15, -0.1) is 0 Å². The quantitative estimate of drug-likeness (QED) is 0.690. The van der Waals surface area contributed by atoms with Crippen LogP contribution in [0.5, 0.6) is 0 Å². The van der Waals surface area contributed by atoms with E-state index in [9.17, 15) is 8.42 Å². The van der Waals surface area contributed by atoms with Gasteiger partial charge in [-0.2, -0.15) is 0 Å². The number of rotatable bonds is 4. The Kier molecular flexibility index (Phi) is 4.02. The third kappa shape index (κ3) is 3.27. The third-order valence-corrected chi connectivity index (χ3v) is 6.60. The van der Waals surface area contributed by atoms with E-state index in [0.29, 0.717) is 22.2 Å². The first-order chi connectivity index (χ1) is 9.19. The van der Waals surface area contributed by atoms with Crippen LogP contribution in [-0.2, 0) is 9.84 Å². The number of nitrogens with zero attached hydrogens (tertiary/aromatic N) is 1. The molecule has 1 aromatic carbocycles. The van der Waals surface area contributed by atoms with E-state index in [2.05, 4.69) is 4.98 Å². The highest BCUT2D eigenvalue weighted by Gasteiger charge is 2.28. The fourth-order valence-corrected chi connectivity index (χ4v) is 3.84. The molecule has 0 aliphatic rings. The number of oxazole rings is 1. The first kappa shape index (κ1) is 15.2. The standard InChI is InChI=1S/C13H18N2O3S2/c1-13(2,3)20(16,17)7-6-19-12-15-10-5-4-9(14)8-11(10)18-12/h4-5,8H,6-7,14H2,1-3H3. The van der Waals surface area contributed by atoms with Gasteiger partial charge in [0.1, 0.15) is 5.52 Å². The van der Waals surface area contributed by atoms with Crippen LogP contribution in [0.15, 0.2) is 27.8 Å². The number of benzene rings is 1. The van der Waals surface area contributed by atoms with Crippen LogP contribution in [0.1, 0.15) is 20.8 Å². The van der Waals surface area contributed by atoms with E-state index in [4.69, 9.17) is 10.2 Å². The maximum Gasteiger partial charge on any atom is 0.256 e. The molecule has 2 rings (SSSR count). The van der Waals surface area contributed by atoms with E-state index in [1.54, 1.807) is 39.0 Å². The van der Waals surface area contributed by atoms with Crippen molar-refractivity contribution >= 4 is 38.4 Å². The van der Waals surface area contributed by atoms with Gasteiger partial charge in [0.25, 0.3) is 5.22 Å². The number of aromatic nitrogens is 1. The Hall–Kier alpha value is -1.21. The maximum absolute atomic E-state index is 12.0. The molecule has 0 saturated carbocycles. The predicted molar refractivity (Wildman–Crippen MR) is 82.7 cm³/mol. The molecule has 1 aromatic heterocycles. The molecule has 0 unspecified atom stereocenters. The van der Waals surface area contributed by atoms with Crippen molar-refractivity contribution in [2.75, 3.05) is 17.2 Å². The van der Waals surface area contributed by atoms with Crippen LogP contribution in [0.2, 0.25) is 0 Å². The Labute approximate surface area is 122 Å². The van der Waals surface area contributed by atoms with Crippen molar-refractivity contribution in [2.24, 2.45) is 0 Å². The van der Waals surface area contributed by atoms with Crippen molar-refractivity contribution in [3.05, 3.63) is 18.2 Å². The predicted octanol–water partition coefficient (Wildman–Crippen LogP) is 2.72. The number of thioether (sulfide) groups is 1. The van der Waals surface area contributed by atoms with Crippen molar-refractivity contribution in [2.45, 2.75) is 30.7 Å². The van der Waals surface area contributed by atoms with E-state index < -0.39 is 14.6 Å². The summed E-state index contributed by atoms with van der Waals surface area (Å²) in [4.78, 5) is 4.28. The Balaban J connectivity index is 2.03. The minimum atomic E-state index is -3.11. The number of sulfone groups is 1. The molecule has 7 heteroatoms. The van der Waals surface area contributed by atoms with E-state index in [0.717, 1.165) is 5.52 Å². The summed E-state index contributed by atoms with van der Waals surface area (Å²) in [5.41, 5.74) is 7.62. The van der Waals surface area contributed by atoms with Crippen molar-refractivity contribution in [1.29, 1.82) is 0 Å². The number of hydrogen-bond donors (Lipinski definition) is 1. The van der Waals surface area contributed by atoms with Gasteiger partial charge in [-0.1, -0.05) is 11.8 Å². The SMILES string of the molecule is CC(C)(C)S(=O)(=O)CCSc1nc2ccc(N)cc2o1. The molecular weight excluding hydrogens is 296 g/mol. The fraction of sp³-hybridized carbons (Fsp3) is 0.462. The second-order valence-electron chi connectivity index (χ2n) is 5.49. The number of nitrogens with two attached hydrogens (primary N) is 1. The first-order valence-electron chi connectivity index (χ1n) is 6.20.